The van der Waals surface area contributed by atoms with Gasteiger partial charge in [0.1, 0.15) is 11.2 Å². The number of fused-ring (bicyclic) bond motifs is 5. The lowest BCUT2D eigenvalue weighted by molar-refractivity contribution is -0.209. The third kappa shape index (κ3) is 2.55. The summed E-state index contributed by atoms with van der Waals surface area (Å²) in [5.74, 6) is -3.14. The smallest absolute Gasteiger partial charge is 0.190 e. The topological polar surface area (TPSA) is 138 Å². The summed E-state index contributed by atoms with van der Waals surface area (Å²) in [7, 11) is 0. The van der Waals surface area contributed by atoms with Crippen molar-refractivity contribution in [2.45, 2.75) is 63.9 Å². The van der Waals surface area contributed by atoms with Crippen molar-refractivity contribution in [3.8, 4) is 0 Å². The van der Waals surface area contributed by atoms with Crippen LogP contribution in [0.5, 0.6) is 0 Å². The van der Waals surface area contributed by atoms with E-state index < -0.39 is 57.8 Å². The van der Waals surface area contributed by atoms with Crippen molar-refractivity contribution in [3.05, 3.63) is 23.3 Å². The molecule has 164 valence electrons. The Labute approximate surface area is 171 Å². The maximum Gasteiger partial charge on any atom is 0.190 e. The number of carbonyl (C=O) groups is 1. The van der Waals surface area contributed by atoms with E-state index >= 15 is 0 Å². The van der Waals surface area contributed by atoms with Crippen LogP contribution in [0.1, 0.15) is 41.0 Å². The first-order valence-electron chi connectivity index (χ1n) is 10.3. The van der Waals surface area contributed by atoms with Crippen molar-refractivity contribution in [3.63, 3.8) is 0 Å². The van der Waals surface area contributed by atoms with E-state index in [0.29, 0.717) is 11.1 Å². The van der Waals surface area contributed by atoms with E-state index in [1.54, 1.807) is 32.9 Å². The lowest BCUT2D eigenvalue weighted by Crippen LogP contribution is -2.65. The van der Waals surface area contributed by atoms with Crippen LogP contribution in [0.15, 0.2) is 23.3 Å². The molecule has 7 nitrogen and oxygen atoms in total. The fourth-order valence-electron chi connectivity index (χ4n) is 6.45. The van der Waals surface area contributed by atoms with Gasteiger partial charge in [0.2, 0.25) is 0 Å². The molecular formula is C22H34O7. The maximum absolute atomic E-state index is 12.7. The van der Waals surface area contributed by atoms with Crippen molar-refractivity contribution in [1.82, 2.24) is 0 Å². The fourth-order valence-corrected chi connectivity index (χ4v) is 6.45. The molecule has 2 saturated carbocycles. The van der Waals surface area contributed by atoms with Crippen LogP contribution in [-0.2, 0) is 4.79 Å². The Morgan fingerprint density at radius 2 is 1.69 bits per heavy atom. The zero-order valence-corrected chi connectivity index (χ0v) is 17.8. The van der Waals surface area contributed by atoms with E-state index in [9.17, 15) is 30.3 Å². The standard InChI is InChI=1S/C20H28O6.C2H6O/c1-9-5-13-18(24,15(9)22)7-11(8-21)6-12-14-17(3,4)20(14,26)16(23)10(2)19(12,13)25;1-2-3/h5-6,10,12-14,16,21,23-26H,7-8H2,1-4H3;3H,2H2,1H3/t10-,12+,13-,14-,16-,18-,19-,20-;/m1./s1. The second kappa shape index (κ2) is 6.70. The molecule has 0 aromatic carbocycles. The minimum absolute atomic E-state index is 0.0615. The van der Waals surface area contributed by atoms with Crippen molar-refractivity contribution in [2.24, 2.45) is 29.1 Å². The summed E-state index contributed by atoms with van der Waals surface area (Å²) in [5.41, 5.74) is -4.57. The summed E-state index contributed by atoms with van der Waals surface area (Å²) >= 11 is 0. The Morgan fingerprint density at radius 3 is 2.21 bits per heavy atom. The van der Waals surface area contributed by atoms with Gasteiger partial charge >= 0.3 is 0 Å². The zero-order chi connectivity index (χ0) is 22.2. The molecule has 0 radical (unpaired) electrons. The Morgan fingerprint density at radius 1 is 1.14 bits per heavy atom. The first-order chi connectivity index (χ1) is 13.3. The molecule has 7 heteroatoms. The number of hydrogen-bond donors (Lipinski definition) is 6. The van der Waals surface area contributed by atoms with Crippen LogP contribution >= 0.6 is 0 Å². The SMILES string of the molecule is CC1=C[C@H]2[C@@]3(O)[C@H](C)[C@@H](O)[C@]4(O)[C@H]([C@@H]3C=C(CO)C[C@]2(O)C1=O)C4(C)C.CCO. The van der Waals surface area contributed by atoms with E-state index in [4.69, 9.17) is 5.11 Å². The van der Waals surface area contributed by atoms with Crippen LogP contribution in [-0.4, -0.2) is 72.5 Å². The van der Waals surface area contributed by atoms with Gasteiger partial charge in [0.05, 0.1) is 18.3 Å². The summed E-state index contributed by atoms with van der Waals surface area (Å²) < 4.78 is 0. The number of hydrogen-bond acceptors (Lipinski definition) is 7. The third-order valence-electron chi connectivity index (χ3n) is 8.04. The second-order valence-corrected chi connectivity index (χ2v) is 9.73. The minimum atomic E-state index is -1.84. The highest BCUT2D eigenvalue weighted by Gasteiger charge is 2.84. The zero-order valence-electron chi connectivity index (χ0n) is 17.8. The van der Waals surface area contributed by atoms with E-state index in [-0.39, 0.29) is 19.6 Å². The second-order valence-electron chi connectivity index (χ2n) is 9.73. The average Bonchev–Trinajstić information content (AvgIpc) is 3.05. The number of aliphatic hydroxyl groups excluding tert-OH is 3. The van der Waals surface area contributed by atoms with Gasteiger partial charge in [-0.15, -0.1) is 0 Å². The molecule has 0 amide bonds. The van der Waals surface area contributed by atoms with Crippen molar-refractivity contribution >= 4 is 5.78 Å². The number of Topliss-reactive ketones (excluding diaryl/α,β-unsaturated/α-hetero) is 1. The van der Waals surface area contributed by atoms with E-state index in [1.807, 2.05) is 13.8 Å². The maximum atomic E-state index is 12.7. The molecule has 0 aliphatic heterocycles. The van der Waals surface area contributed by atoms with Crippen molar-refractivity contribution in [2.75, 3.05) is 13.2 Å². The molecule has 0 bridgehead atoms. The summed E-state index contributed by atoms with van der Waals surface area (Å²) in [6.45, 7) is 8.56. The van der Waals surface area contributed by atoms with Gasteiger partial charge in [-0.25, -0.2) is 0 Å². The molecule has 4 aliphatic carbocycles. The highest BCUT2D eigenvalue weighted by Crippen LogP contribution is 2.74. The Kier molecular flexibility index (Phi) is 5.22. The Hall–Kier alpha value is -1.09. The molecule has 4 aliphatic rings. The number of rotatable bonds is 1. The molecule has 0 aromatic rings. The van der Waals surface area contributed by atoms with Gasteiger partial charge in [0, 0.05) is 42.1 Å². The largest absolute Gasteiger partial charge is 0.397 e. The molecule has 0 saturated heterocycles. The highest BCUT2D eigenvalue weighted by atomic mass is 16.4. The average molecular weight is 411 g/mol. The highest BCUT2D eigenvalue weighted by molar-refractivity contribution is 6.04. The number of ketones is 1. The van der Waals surface area contributed by atoms with Gasteiger partial charge in [-0.3, -0.25) is 4.79 Å². The van der Waals surface area contributed by atoms with Crippen LogP contribution in [0.4, 0.5) is 0 Å². The molecular weight excluding hydrogens is 376 g/mol. The number of aliphatic hydroxyl groups is 6. The molecule has 0 spiro atoms. The molecule has 0 heterocycles. The quantitative estimate of drug-likeness (QED) is 0.333. The molecule has 6 N–H and O–H groups in total. The lowest BCUT2D eigenvalue weighted by Gasteiger charge is -2.51. The molecule has 0 unspecified atom stereocenters. The van der Waals surface area contributed by atoms with Gasteiger partial charge in [0.15, 0.2) is 5.78 Å². The van der Waals surface area contributed by atoms with Crippen LogP contribution in [0, 0.1) is 29.1 Å². The van der Waals surface area contributed by atoms with E-state index in [0.717, 1.165) is 0 Å². The van der Waals surface area contributed by atoms with Gasteiger partial charge in [0.25, 0.3) is 0 Å². The molecule has 8 atom stereocenters. The third-order valence-corrected chi connectivity index (χ3v) is 8.04. The van der Waals surface area contributed by atoms with Crippen molar-refractivity contribution < 1.29 is 35.4 Å². The van der Waals surface area contributed by atoms with Crippen LogP contribution in [0.2, 0.25) is 0 Å². The monoisotopic (exact) mass is 410 g/mol. The first kappa shape index (κ1) is 22.6. The molecule has 4 rings (SSSR count). The molecule has 2 fully saturated rings. The number of carbonyl (C=O) groups excluding carboxylic acids is 1. The predicted molar refractivity (Wildman–Crippen MR) is 106 cm³/mol. The summed E-state index contributed by atoms with van der Waals surface area (Å²) in [4.78, 5) is 12.7. The summed E-state index contributed by atoms with van der Waals surface area (Å²) in [5, 5.41) is 62.5. The molecule has 29 heavy (non-hydrogen) atoms. The summed E-state index contributed by atoms with van der Waals surface area (Å²) in [6, 6.07) is 0. The minimum Gasteiger partial charge on any atom is -0.397 e. The van der Waals surface area contributed by atoms with Gasteiger partial charge in [-0.2, -0.15) is 0 Å². The fraction of sp³-hybridized carbons (Fsp3) is 0.773. The van der Waals surface area contributed by atoms with Gasteiger partial charge in [-0.05, 0) is 25.0 Å². The first-order valence-corrected chi connectivity index (χ1v) is 10.3. The Balaban J connectivity index is 0.000000755. The van der Waals surface area contributed by atoms with Gasteiger partial charge < -0.3 is 30.6 Å². The predicted octanol–water partition coefficient (Wildman–Crippen LogP) is -0.0713. The lowest BCUT2D eigenvalue weighted by atomic mass is 9.59. The van der Waals surface area contributed by atoms with E-state index in [2.05, 4.69) is 0 Å². The Bertz CT molecular complexity index is 771. The van der Waals surface area contributed by atoms with E-state index in [1.165, 1.54) is 0 Å². The van der Waals surface area contributed by atoms with Crippen molar-refractivity contribution in [1.29, 1.82) is 0 Å². The van der Waals surface area contributed by atoms with Crippen LogP contribution < -0.4 is 0 Å². The normalized spacial score (nSPS) is 49.5. The van der Waals surface area contributed by atoms with Crippen LogP contribution in [0.3, 0.4) is 0 Å². The molecule has 0 aromatic heterocycles. The van der Waals surface area contributed by atoms with Gasteiger partial charge in [-0.1, -0.05) is 32.9 Å². The summed E-state index contributed by atoms with van der Waals surface area (Å²) in [6.07, 6.45) is 2.08. The van der Waals surface area contributed by atoms with Crippen LogP contribution in [0.25, 0.3) is 0 Å².